The lowest BCUT2D eigenvalue weighted by atomic mass is 10.1. The molecule has 20 heavy (non-hydrogen) atoms. The first-order valence-corrected chi connectivity index (χ1v) is 6.33. The summed E-state index contributed by atoms with van der Waals surface area (Å²) in [6, 6.07) is 2.37. The molecule has 0 bridgehead atoms. The van der Waals surface area contributed by atoms with Crippen LogP contribution in [0.2, 0.25) is 0 Å². The van der Waals surface area contributed by atoms with Gasteiger partial charge in [-0.2, -0.15) is 18.3 Å². The zero-order valence-corrected chi connectivity index (χ0v) is 11.9. The second kappa shape index (κ2) is 5.08. The Morgan fingerprint density at radius 3 is 2.45 bits per heavy atom. The maximum absolute atomic E-state index is 13.3. The van der Waals surface area contributed by atoms with Crippen LogP contribution < -0.4 is 5.73 Å². The molecule has 0 atom stereocenters. The van der Waals surface area contributed by atoms with Crippen LogP contribution in [0.4, 0.5) is 23.4 Å². The first-order valence-electron chi connectivity index (χ1n) is 5.53. The summed E-state index contributed by atoms with van der Waals surface area (Å²) in [6.07, 6.45) is -4.59. The van der Waals surface area contributed by atoms with Crippen molar-refractivity contribution in [3.63, 3.8) is 0 Å². The Bertz CT molecular complexity index is 649. The summed E-state index contributed by atoms with van der Waals surface area (Å²) in [6.45, 7) is 1.66. The lowest BCUT2D eigenvalue weighted by Crippen LogP contribution is -2.10. The number of anilines is 1. The molecule has 0 fully saturated rings. The topological polar surface area (TPSA) is 43.8 Å². The van der Waals surface area contributed by atoms with Gasteiger partial charge in [0.15, 0.2) is 0 Å². The van der Waals surface area contributed by atoms with E-state index in [1.165, 1.54) is 4.68 Å². The van der Waals surface area contributed by atoms with Crippen molar-refractivity contribution in [3.05, 3.63) is 45.3 Å². The summed E-state index contributed by atoms with van der Waals surface area (Å²) in [5, 5.41) is 4.07. The molecular weight excluding hydrogens is 342 g/mol. The van der Waals surface area contributed by atoms with E-state index in [-0.39, 0.29) is 17.9 Å². The third kappa shape index (κ3) is 2.95. The van der Waals surface area contributed by atoms with E-state index in [4.69, 9.17) is 5.73 Å². The van der Waals surface area contributed by atoms with Crippen LogP contribution in [0.5, 0.6) is 0 Å². The quantitative estimate of drug-likeness (QED) is 0.837. The predicted molar refractivity (Wildman–Crippen MR) is 69.6 cm³/mol. The summed E-state index contributed by atoms with van der Waals surface area (Å²) in [5.74, 6) is -0.670. The summed E-state index contributed by atoms with van der Waals surface area (Å²) >= 11 is 3.21. The zero-order valence-electron chi connectivity index (χ0n) is 10.3. The Hall–Kier alpha value is -1.57. The van der Waals surface area contributed by atoms with Gasteiger partial charge in [0.25, 0.3) is 0 Å². The molecule has 2 N–H and O–H groups in total. The highest BCUT2D eigenvalue weighted by atomic mass is 79.9. The highest BCUT2D eigenvalue weighted by Gasteiger charge is 2.31. The minimum atomic E-state index is -4.59. The summed E-state index contributed by atoms with van der Waals surface area (Å²) in [5.41, 5.74) is 5.46. The van der Waals surface area contributed by atoms with E-state index in [1.807, 2.05) is 0 Å². The van der Waals surface area contributed by atoms with Crippen LogP contribution in [0, 0.1) is 12.7 Å². The Morgan fingerprint density at radius 1 is 1.30 bits per heavy atom. The van der Waals surface area contributed by atoms with E-state index in [0.29, 0.717) is 16.2 Å². The van der Waals surface area contributed by atoms with E-state index < -0.39 is 17.6 Å². The average Bonchev–Trinajstić information content (AvgIpc) is 2.55. The number of benzene rings is 1. The highest BCUT2D eigenvalue weighted by molar-refractivity contribution is 9.10. The van der Waals surface area contributed by atoms with Crippen molar-refractivity contribution in [2.24, 2.45) is 0 Å². The maximum Gasteiger partial charge on any atom is 0.416 e. The molecule has 1 aromatic heterocycles. The number of nitrogens with zero attached hydrogens (tertiary/aromatic N) is 2. The van der Waals surface area contributed by atoms with Crippen LogP contribution in [0.15, 0.2) is 22.7 Å². The second-order valence-corrected chi connectivity index (χ2v) is 5.08. The van der Waals surface area contributed by atoms with Crippen molar-refractivity contribution in [1.82, 2.24) is 9.78 Å². The largest absolute Gasteiger partial charge is 0.416 e. The number of hydrogen-bond donors (Lipinski definition) is 1. The summed E-state index contributed by atoms with van der Waals surface area (Å²) in [7, 11) is 0. The van der Waals surface area contributed by atoms with Crippen molar-refractivity contribution < 1.29 is 17.6 Å². The van der Waals surface area contributed by atoms with Crippen molar-refractivity contribution in [3.8, 4) is 0 Å². The Kier molecular flexibility index (Phi) is 3.77. The molecule has 108 valence electrons. The molecular formula is C12H10BrF4N3. The Labute approximate surface area is 120 Å². The van der Waals surface area contributed by atoms with Crippen LogP contribution in [-0.4, -0.2) is 9.78 Å². The molecule has 3 nitrogen and oxygen atoms in total. The number of aryl methyl sites for hydroxylation is 1. The highest BCUT2D eigenvalue weighted by Crippen LogP contribution is 2.31. The lowest BCUT2D eigenvalue weighted by molar-refractivity contribution is -0.137. The molecule has 0 saturated carbocycles. The molecule has 2 aromatic rings. The zero-order chi connectivity index (χ0) is 15.1. The molecule has 0 unspecified atom stereocenters. The van der Waals surface area contributed by atoms with Gasteiger partial charge in [-0.05, 0) is 46.6 Å². The molecule has 1 aromatic carbocycles. The van der Waals surface area contributed by atoms with Gasteiger partial charge in [-0.25, -0.2) is 9.07 Å². The number of alkyl halides is 3. The molecule has 0 aliphatic carbocycles. The van der Waals surface area contributed by atoms with Gasteiger partial charge in [-0.15, -0.1) is 0 Å². The molecule has 2 rings (SSSR count). The van der Waals surface area contributed by atoms with Crippen molar-refractivity contribution in [2.45, 2.75) is 19.6 Å². The number of rotatable bonds is 2. The number of nitrogen functional groups attached to an aromatic ring is 1. The van der Waals surface area contributed by atoms with E-state index in [0.717, 1.165) is 12.1 Å². The molecule has 0 aliphatic heterocycles. The van der Waals surface area contributed by atoms with Crippen molar-refractivity contribution >= 4 is 21.7 Å². The molecule has 0 saturated heterocycles. The van der Waals surface area contributed by atoms with Crippen LogP contribution in [-0.2, 0) is 12.7 Å². The molecule has 1 heterocycles. The van der Waals surface area contributed by atoms with Gasteiger partial charge in [0.05, 0.1) is 22.3 Å². The van der Waals surface area contributed by atoms with Gasteiger partial charge in [-0.3, -0.25) is 0 Å². The van der Waals surface area contributed by atoms with Crippen LogP contribution in [0.3, 0.4) is 0 Å². The van der Waals surface area contributed by atoms with Gasteiger partial charge in [0, 0.05) is 0 Å². The Morgan fingerprint density at radius 2 is 1.95 bits per heavy atom. The van der Waals surface area contributed by atoms with Gasteiger partial charge in [0.1, 0.15) is 11.6 Å². The van der Waals surface area contributed by atoms with Crippen LogP contribution in [0.25, 0.3) is 0 Å². The third-order valence-electron chi connectivity index (χ3n) is 2.71. The summed E-state index contributed by atoms with van der Waals surface area (Å²) in [4.78, 5) is 0. The van der Waals surface area contributed by atoms with E-state index in [2.05, 4.69) is 21.0 Å². The summed E-state index contributed by atoms with van der Waals surface area (Å²) < 4.78 is 53.0. The number of halogens is 5. The predicted octanol–water partition coefficient (Wildman–Crippen LogP) is 3.74. The molecule has 0 spiro atoms. The molecule has 0 amide bonds. The molecule has 0 aliphatic rings. The van der Waals surface area contributed by atoms with Crippen LogP contribution in [0.1, 0.15) is 16.8 Å². The van der Waals surface area contributed by atoms with Crippen LogP contribution >= 0.6 is 15.9 Å². The van der Waals surface area contributed by atoms with Gasteiger partial charge in [-0.1, -0.05) is 0 Å². The van der Waals surface area contributed by atoms with Crippen molar-refractivity contribution in [1.29, 1.82) is 0 Å². The van der Waals surface area contributed by atoms with E-state index in [9.17, 15) is 17.6 Å². The first-order chi connectivity index (χ1) is 9.18. The average molecular weight is 352 g/mol. The number of aromatic nitrogens is 2. The lowest BCUT2D eigenvalue weighted by Gasteiger charge is -2.10. The second-order valence-electron chi connectivity index (χ2n) is 4.29. The molecule has 8 heteroatoms. The molecule has 0 radical (unpaired) electrons. The fourth-order valence-electron chi connectivity index (χ4n) is 1.78. The SMILES string of the molecule is Cc1nn(Cc2cc(F)cc(C(F)(F)F)c2)c(N)c1Br. The van der Waals surface area contributed by atoms with Crippen molar-refractivity contribution in [2.75, 3.05) is 5.73 Å². The third-order valence-corrected chi connectivity index (χ3v) is 3.69. The first kappa shape index (κ1) is 14.8. The standard InChI is InChI=1S/C12H10BrF4N3/c1-6-10(13)11(18)20(19-6)5-7-2-8(12(15,16)17)4-9(14)3-7/h2-4H,5,18H2,1H3. The monoisotopic (exact) mass is 351 g/mol. The normalized spacial score (nSPS) is 11.9. The van der Waals surface area contributed by atoms with Gasteiger partial charge >= 0.3 is 6.18 Å². The smallest absolute Gasteiger partial charge is 0.383 e. The Balaban J connectivity index is 2.39. The minimum Gasteiger partial charge on any atom is -0.383 e. The minimum absolute atomic E-state index is 0.0425. The van der Waals surface area contributed by atoms with Gasteiger partial charge in [0.2, 0.25) is 0 Å². The van der Waals surface area contributed by atoms with E-state index >= 15 is 0 Å². The number of hydrogen-bond acceptors (Lipinski definition) is 2. The van der Waals surface area contributed by atoms with E-state index in [1.54, 1.807) is 6.92 Å². The fourth-order valence-corrected chi connectivity index (χ4v) is 2.06. The number of nitrogens with two attached hydrogens (primary N) is 1. The maximum atomic E-state index is 13.3. The fraction of sp³-hybridized carbons (Fsp3) is 0.250. The van der Waals surface area contributed by atoms with Gasteiger partial charge < -0.3 is 5.73 Å².